The van der Waals surface area contributed by atoms with E-state index in [-0.39, 0.29) is 22.5 Å². The number of nitrogens with zero attached hydrogens (tertiary/aromatic N) is 3. The number of hydrogen-bond acceptors (Lipinski definition) is 7. The summed E-state index contributed by atoms with van der Waals surface area (Å²) in [5, 5.41) is 0. The summed E-state index contributed by atoms with van der Waals surface area (Å²) >= 11 is 0. The second-order valence-electron chi connectivity index (χ2n) is 5.48. The van der Waals surface area contributed by atoms with Gasteiger partial charge in [0.15, 0.2) is 5.82 Å². The lowest BCUT2D eigenvalue weighted by Gasteiger charge is -2.14. The maximum atomic E-state index is 12.2. The van der Waals surface area contributed by atoms with Crippen LogP contribution in [0.2, 0.25) is 0 Å². The van der Waals surface area contributed by atoms with Crippen LogP contribution >= 0.6 is 0 Å². The van der Waals surface area contributed by atoms with Gasteiger partial charge in [0.2, 0.25) is 0 Å². The van der Waals surface area contributed by atoms with Crippen molar-refractivity contribution in [1.82, 2.24) is 15.0 Å². The molecule has 0 atom stereocenters. The zero-order chi connectivity index (χ0) is 20.4. The van der Waals surface area contributed by atoms with Crippen LogP contribution < -0.4 is 0 Å². The molecule has 3 rings (SSSR count). The molecule has 0 aliphatic heterocycles. The summed E-state index contributed by atoms with van der Waals surface area (Å²) in [6.45, 7) is 0. The molecule has 0 unspecified atom stereocenters. The molecule has 11 heteroatoms. The molecule has 144 valence electrons. The maximum Gasteiger partial charge on any atom is 0.296 e. The summed E-state index contributed by atoms with van der Waals surface area (Å²) in [6.07, 6.45) is 2.35. The van der Waals surface area contributed by atoms with E-state index in [1.807, 2.05) is 0 Å². The Bertz CT molecular complexity index is 1240. The Morgan fingerprint density at radius 2 is 1.25 bits per heavy atom. The molecular weight excluding hydrogens is 406 g/mol. The molecule has 2 aromatic carbocycles. The first-order valence-corrected chi connectivity index (χ1v) is 10.5. The van der Waals surface area contributed by atoms with Crippen molar-refractivity contribution in [2.75, 3.05) is 0 Å². The smallest absolute Gasteiger partial charge is 0.282 e. The van der Waals surface area contributed by atoms with E-state index in [0.29, 0.717) is 0 Å². The molecule has 0 aliphatic rings. The average Bonchev–Trinajstić information content (AvgIpc) is 2.65. The van der Waals surface area contributed by atoms with Crippen molar-refractivity contribution in [2.45, 2.75) is 0 Å². The molecule has 0 fully saturated rings. The molecule has 0 amide bonds. The fourth-order valence-corrected chi connectivity index (χ4v) is 4.84. The van der Waals surface area contributed by atoms with E-state index < -0.39 is 30.0 Å². The van der Waals surface area contributed by atoms with Crippen molar-refractivity contribution in [3.8, 4) is 11.4 Å². The summed E-state index contributed by atoms with van der Waals surface area (Å²) in [4.78, 5) is 9.60. The molecule has 2 N–H and O–H groups in total. The van der Waals surface area contributed by atoms with E-state index in [0.717, 1.165) is 0 Å². The summed E-state index contributed by atoms with van der Waals surface area (Å²) in [7, 11) is -10.2. The van der Waals surface area contributed by atoms with Crippen molar-refractivity contribution in [2.24, 2.45) is 0 Å². The van der Waals surface area contributed by atoms with Crippen LogP contribution in [0.15, 0.2) is 67.3 Å². The van der Waals surface area contributed by atoms with Crippen molar-refractivity contribution in [1.29, 1.82) is 0 Å². The van der Waals surface area contributed by atoms with E-state index in [1.54, 1.807) is 12.1 Å². The third-order valence-corrected chi connectivity index (χ3v) is 5.69. The van der Waals surface area contributed by atoms with E-state index in [9.17, 15) is 25.9 Å². The highest BCUT2D eigenvalue weighted by atomic mass is 32.2. The minimum absolute atomic E-state index is 0.0505. The highest BCUT2D eigenvalue weighted by Gasteiger charge is 2.32. The zero-order valence-corrected chi connectivity index (χ0v) is 15.7. The molecule has 0 radical (unpaired) electrons. The van der Waals surface area contributed by atoms with Crippen molar-refractivity contribution >= 4 is 30.0 Å². The highest BCUT2D eigenvalue weighted by Crippen LogP contribution is 2.37. The summed E-state index contributed by atoms with van der Waals surface area (Å²) < 4.78 is 68.4. The lowest BCUT2D eigenvalue weighted by atomic mass is 10.0. The summed E-state index contributed by atoms with van der Waals surface area (Å²) in [5.41, 5.74) is -0.203. The number of aromatic nitrogens is 3. The largest absolute Gasteiger partial charge is 0.296 e. The van der Waals surface area contributed by atoms with Gasteiger partial charge in [-0.1, -0.05) is 54.6 Å². The van der Waals surface area contributed by atoms with Gasteiger partial charge in [-0.2, -0.15) is 16.8 Å². The van der Waals surface area contributed by atoms with Gasteiger partial charge in [-0.3, -0.25) is 9.11 Å². The van der Waals surface area contributed by atoms with Gasteiger partial charge in [0, 0.05) is 11.1 Å². The molecule has 0 spiro atoms. The van der Waals surface area contributed by atoms with Crippen molar-refractivity contribution < 1.29 is 25.9 Å². The Kier molecular flexibility index (Phi) is 5.34. The van der Waals surface area contributed by atoms with Crippen molar-refractivity contribution in [3.05, 3.63) is 78.4 Å². The Morgan fingerprint density at radius 3 is 1.82 bits per heavy atom. The Balaban J connectivity index is 2.49. The van der Waals surface area contributed by atoms with E-state index in [1.165, 1.54) is 55.1 Å². The average molecular weight is 419 g/mol. The van der Waals surface area contributed by atoms with Crippen LogP contribution in [0.4, 0.5) is 0 Å². The third-order valence-electron chi connectivity index (χ3n) is 3.66. The summed E-state index contributed by atoms with van der Waals surface area (Å²) in [6, 6.07) is 12.8. The zero-order valence-electron chi connectivity index (χ0n) is 14.0. The van der Waals surface area contributed by atoms with Gasteiger partial charge < -0.3 is 0 Å². The normalized spacial score (nSPS) is 13.1. The SMILES string of the molecule is O=S(=O)(O)C(=C(c1ccccc1-c1ncncn1)S(=O)(=O)O)c1ccccc1. The molecule has 1 heterocycles. The van der Waals surface area contributed by atoms with Crippen LogP contribution in [-0.2, 0) is 20.2 Å². The predicted molar refractivity (Wildman–Crippen MR) is 102 cm³/mol. The fraction of sp³-hybridized carbons (Fsp3) is 0. The lowest BCUT2D eigenvalue weighted by molar-refractivity contribution is 0.491. The predicted octanol–water partition coefficient (Wildman–Crippen LogP) is 2.14. The first-order chi connectivity index (χ1) is 13.2. The second-order valence-corrected chi connectivity index (χ2v) is 8.20. The second kappa shape index (κ2) is 7.56. The third kappa shape index (κ3) is 4.12. The monoisotopic (exact) mass is 419 g/mol. The van der Waals surface area contributed by atoms with E-state index >= 15 is 0 Å². The lowest BCUT2D eigenvalue weighted by Crippen LogP contribution is -2.12. The summed E-state index contributed by atoms with van der Waals surface area (Å²) in [5.74, 6) is 0.0505. The van der Waals surface area contributed by atoms with Gasteiger partial charge in [-0.15, -0.1) is 0 Å². The number of rotatable bonds is 5. The van der Waals surface area contributed by atoms with Crippen LogP contribution in [-0.4, -0.2) is 40.9 Å². The Hall–Kier alpha value is -2.99. The molecule has 0 saturated carbocycles. The van der Waals surface area contributed by atoms with Crippen LogP contribution in [0.25, 0.3) is 21.2 Å². The van der Waals surface area contributed by atoms with Crippen LogP contribution in [0.1, 0.15) is 11.1 Å². The van der Waals surface area contributed by atoms with Gasteiger partial charge in [0.1, 0.15) is 22.5 Å². The van der Waals surface area contributed by atoms with Gasteiger partial charge in [-0.25, -0.2) is 15.0 Å². The Morgan fingerprint density at radius 1 is 0.714 bits per heavy atom. The Labute approximate surface area is 161 Å². The van der Waals surface area contributed by atoms with Crippen LogP contribution in [0, 0.1) is 0 Å². The minimum Gasteiger partial charge on any atom is -0.282 e. The molecule has 9 nitrogen and oxygen atoms in total. The molecule has 0 bridgehead atoms. The molecule has 28 heavy (non-hydrogen) atoms. The highest BCUT2D eigenvalue weighted by molar-refractivity contribution is 8.01. The maximum absolute atomic E-state index is 12.2. The number of hydrogen-bond donors (Lipinski definition) is 2. The van der Waals surface area contributed by atoms with Gasteiger partial charge in [0.25, 0.3) is 20.2 Å². The first-order valence-electron chi connectivity index (χ1n) is 7.66. The standard InChI is InChI=1S/C17H13N3O6S2/c21-27(22,23)15(12-6-2-1-3-7-12)16(28(24,25)26)13-8-4-5-9-14(13)17-19-10-18-11-20-17/h1-11H,(H,21,22,23)(H,24,25,26). The van der Waals surface area contributed by atoms with Crippen molar-refractivity contribution in [3.63, 3.8) is 0 Å². The quantitative estimate of drug-likeness (QED) is 0.469. The van der Waals surface area contributed by atoms with Gasteiger partial charge in [0.05, 0.1) is 0 Å². The molecular formula is C17H13N3O6S2. The number of benzene rings is 2. The van der Waals surface area contributed by atoms with Gasteiger partial charge in [-0.05, 0) is 5.56 Å². The molecule has 1 aromatic heterocycles. The van der Waals surface area contributed by atoms with Crippen LogP contribution in [0.3, 0.4) is 0 Å². The first kappa shape index (κ1) is 19.8. The molecule has 3 aromatic rings. The van der Waals surface area contributed by atoms with E-state index in [2.05, 4.69) is 15.0 Å². The topological polar surface area (TPSA) is 147 Å². The molecule has 0 saturated heterocycles. The molecule has 0 aliphatic carbocycles. The minimum atomic E-state index is -5.11. The van der Waals surface area contributed by atoms with E-state index in [4.69, 9.17) is 0 Å². The van der Waals surface area contributed by atoms with Crippen LogP contribution in [0.5, 0.6) is 0 Å². The van der Waals surface area contributed by atoms with Gasteiger partial charge >= 0.3 is 0 Å². The fourth-order valence-electron chi connectivity index (χ4n) is 2.62.